The summed E-state index contributed by atoms with van der Waals surface area (Å²) in [5.41, 5.74) is -0.555. The van der Waals surface area contributed by atoms with Gasteiger partial charge in [0.05, 0.1) is 5.60 Å². The minimum absolute atomic E-state index is 0.192. The predicted octanol–water partition coefficient (Wildman–Crippen LogP) is 2.01. The van der Waals surface area contributed by atoms with Gasteiger partial charge in [0, 0.05) is 19.5 Å². The summed E-state index contributed by atoms with van der Waals surface area (Å²) in [5, 5.41) is 19.2. The summed E-state index contributed by atoms with van der Waals surface area (Å²) < 4.78 is 25.9. The average molecular weight is 271 g/mol. The molecule has 0 aromatic heterocycles. The molecule has 0 radical (unpaired) electrons. The van der Waals surface area contributed by atoms with E-state index in [2.05, 4.69) is 0 Å². The zero-order valence-electron chi connectivity index (χ0n) is 10.3. The molecular weight excluding hydrogens is 256 g/mol. The largest absolute Gasteiger partial charge is 0.465 e. The molecule has 1 aromatic rings. The summed E-state index contributed by atoms with van der Waals surface area (Å²) in [5.74, 6) is -1.86. The number of benzene rings is 1. The molecule has 2 rings (SSSR count). The van der Waals surface area contributed by atoms with Crippen LogP contribution in [0.15, 0.2) is 18.2 Å². The highest BCUT2D eigenvalue weighted by Gasteiger charge is 2.34. The zero-order valence-corrected chi connectivity index (χ0v) is 10.3. The summed E-state index contributed by atoms with van der Waals surface area (Å²) in [6.45, 7) is 0.491. The molecule has 1 fully saturated rings. The Morgan fingerprint density at radius 1 is 1.26 bits per heavy atom. The minimum atomic E-state index is -1.06. The van der Waals surface area contributed by atoms with Crippen LogP contribution in [0.4, 0.5) is 13.6 Å². The number of carboxylic acid groups (broad SMARTS) is 1. The van der Waals surface area contributed by atoms with E-state index in [4.69, 9.17) is 5.11 Å². The van der Waals surface area contributed by atoms with Crippen LogP contribution in [0.1, 0.15) is 18.4 Å². The Kier molecular flexibility index (Phi) is 3.71. The van der Waals surface area contributed by atoms with Crippen molar-refractivity contribution in [2.75, 3.05) is 13.1 Å². The van der Waals surface area contributed by atoms with Crippen LogP contribution in [0.25, 0.3) is 0 Å². The molecule has 19 heavy (non-hydrogen) atoms. The Balaban J connectivity index is 2.02. The fourth-order valence-electron chi connectivity index (χ4n) is 2.32. The lowest BCUT2D eigenvalue weighted by molar-refractivity contribution is -0.0162. The first-order valence-electron chi connectivity index (χ1n) is 6.04. The molecule has 1 aromatic carbocycles. The second kappa shape index (κ2) is 5.13. The summed E-state index contributed by atoms with van der Waals surface area (Å²) >= 11 is 0. The topological polar surface area (TPSA) is 60.8 Å². The van der Waals surface area contributed by atoms with Crippen LogP contribution >= 0.6 is 0 Å². The van der Waals surface area contributed by atoms with Gasteiger partial charge in [-0.25, -0.2) is 13.6 Å². The van der Waals surface area contributed by atoms with Crippen molar-refractivity contribution >= 4 is 6.09 Å². The molecule has 1 heterocycles. The zero-order chi connectivity index (χ0) is 14.0. The number of nitrogens with zero attached hydrogens (tertiary/aromatic N) is 1. The quantitative estimate of drug-likeness (QED) is 0.865. The Morgan fingerprint density at radius 2 is 1.89 bits per heavy atom. The van der Waals surface area contributed by atoms with E-state index in [-0.39, 0.29) is 32.4 Å². The lowest BCUT2D eigenvalue weighted by atomic mass is 9.85. The number of rotatable bonds is 2. The van der Waals surface area contributed by atoms with Crippen molar-refractivity contribution in [3.05, 3.63) is 35.4 Å². The molecule has 0 saturated carbocycles. The van der Waals surface area contributed by atoms with Gasteiger partial charge in [-0.05, 0) is 30.5 Å². The van der Waals surface area contributed by atoms with Gasteiger partial charge in [0.2, 0.25) is 0 Å². The third-order valence-corrected chi connectivity index (χ3v) is 3.48. The highest BCUT2D eigenvalue weighted by Crippen LogP contribution is 2.27. The van der Waals surface area contributed by atoms with Gasteiger partial charge in [-0.1, -0.05) is 6.07 Å². The average Bonchev–Trinajstić information content (AvgIpc) is 2.34. The van der Waals surface area contributed by atoms with E-state index < -0.39 is 23.3 Å². The molecule has 4 nitrogen and oxygen atoms in total. The molecule has 1 aliphatic heterocycles. The lowest BCUT2D eigenvalue weighted by Crippen LogP contribution is -2.47. The molecule has 1 amide bonds. The van der Waals surface area contributed by atoms with Crippen molar-refractivity contribution < 1.29 is 23.8 Å². The van der Waals surface area contributed by atoms with Gasteiger partial charge >= 0.3 is 6.09 Å². The number of piperidine rings is 1. The van der Waals surface area contributed by atoms with Gasteiger partial charge in [0.1, 0.15) is 0 Å². The third-order valence-electron chi connectivity index (χ3n) is 3.48. The first kappa shape index (κ1) is 13.7. The van der Waals surface area contributed by atoms with Gasteiger partial charge in [0.25, 0.3) is 0 Å². The number of hydrogen-bond donors (Lipinski definition) is 2. The van der Waals surface area contributed by atoms with E-state index in [1.807, 2.05) is 0 Å². The predicted molar refractivity (Wildman–Crippen MR) is 63.8 cm³/mol. The van der Waals surface area contributed by atoms with Gasteiger partial charge in [-0.3, -0.25) is 0 Å². The summed E-state index contributed by atoms with van der Waals surface area (Å²) in [6.07, 6.45) is -0.233. The number of hydrogen-bond acceptors (Lipinski definition) is 2. The third kappa shape index (κ3) is 3.20. The standard InChI is InChI=1S/C13H15F2NO3/c14-10-2-1-9(7-11(10)15)8-13(19)3-5-16(6-4-13)12(17)18/h1-2,7,19H,3-6,8H2,(H,17,18). The Hall–Kier alpha value is -1.69. The van der Waals surface area contributed by atoms with Gasteiger partial charge < -0.3 is 15.1 Å². The highest BCUT2D eigenvalue weighted by atomic mass is 19.2. The number of carbonyl (C=O) groups is 1. The second-order valence-corrected chi connectivity index (χ2v) is 4.92. The monoisotopic (exact) mass is 271 g/mol. The first-order valence-corrected chi connectivity index (χ1v) is 6.04. The fourth-order valence-corrected chi connectivity index (χ4v) is 2.32. The highest BCUT2D eigenvalue weighted by molar-refractivity contribution is 5.65. The minimum Gasteiger partial charge on any atom is -0.465 e. The van der Waals surface area contributed by atoms with Crippen molar-refractivity contribution in [1.29, 1.82) is 0 Å². The lowest BCUT2D eigenvalue weighted by Gasteiger charge is -2.37. The van der Waals surface area contributed by atoms with Gasteiger partial charge in [-0.2, -0.15) is 0 Å². The first-order chi connectivity index (χ1) is 8.89. The van der Waals surface area contributed by atoms with E-state index >= 15 is 0 Å². The Morgan fingerprint density at radius 3 is 2.42 bits per heavy atom. The SMILES string of the molecule is O=C(O)N1CCC(O)(Cc2ccc(F)c(F)c2)CC1. The molecule has 0 unspecified atom stereocenters. The van der Waals surface area contributed by atoms with Crippen LogP contribution in [0, 0.1) is 11.6 Å². The van der Waals surface area contributed by atoms with Crippen molar-refractivity contribution in [3.8, 4) is 0 Å². The van der Waals surface area contributed by atoms with Crippen LogP contribution in [0.2, 0.25) is 0 Å². The van der Waals surface area contributed by atoms with Crippen molar-refractivity contribution in [1.82, 2.24) is 4.90 Å². The van der Waals surface area contributed by atoms with Crippen molar-refractivity contribution in [2.45, 2.75) is 24.9 Å². The molecule has 6 heteroatoms. The van der Waals surface area contributed by atoms with E-state index in [9.17, 15) is 18.7 Å². The Bertz CT molecular complexity index is 485. The number of likely N-dealkylation sites (tertiary alicyclic amines) is 1. The maximum absolute atomic E-state index is 13.1. The number of amides is 1. The normalized spacial score (nSPS) is 18.4. The van der Waals surface area contributed by atoms with Crippen LogP contribution in [0.3, 0.4) is 0 Å². The molecule has 0 atom stereocenters. The number of halogens is 2. The van der Waals surface area contributed by atoms with Gasteiger partial charge in [-0.15, -0.1) is 0 Å². The molecule has 104 valence electrons. The maximum Gasteiger partial charge on any atom is 0.407 e. The maximum atomic E-state index is 13.1. The Labute approximate surface area is 109 Å². The fraction of sp³-hybridized carbons (Fsp3) is 0.462. The smallest absolute Gasteiger partial charge is 0.407 e. The molecule has 0 spiro atoms. The molecule has 0 bridgehead atoms. The molecule has 1 aliphatic rings. The summed E-state index contributed by atoms with van der Waals surface area (Å²) in [6, 6.07) is 3.53. The van der Waals surface area contributed by atoms with E-state index in [1.54, 1.807) is 0 Å². The molecule has 1 saturated heterocycles. The molecule has 0 aliphatic carbocycles. The van der Waals surface area contributed by atoms with Crippen LogP contribution in [0.5, 0.6) is 0 Å². The van der Waals surface area contributed by atoms with Crippen molar-refractivity contribution in [3.63, 3.8) is 0 Å². The van der Waals surface area contributed by atoms with E-state index in [0.29, 0.717) is 5.56 Å². The van der Waals surface area contributed by atoms with E-state index in [1.165, 1.54) is 11.0 Å². The van der Waals surface area contributed by atoms with Crippen LogP contribution < -0.4 is 0 Å². The van der Waals surface area contributed by atoms with Crippen LogP contribution in [-0.2, 0) is 6.42 Å². The molecule has 2 N–H and O–H groups in total. The van der Waals surface area contributed by atoms with Gasteiger partial charge in [0.15, 0.2) is 11.6 Å². The summed E-state index contributed by atoms with van der Waals surface area (Å²) in [4.78, 5) is 12.0. The summed E-state index contributed by atoms with van der Waals surface area (Å²) in [7, 11) is 0. The van der Waals surface area contributed by atoms with Crippen molar-refractivity contribution in [2.24, 2.45) is 0 Å². The van der Waals surface area contributed by atoms with Crippen LogP contribution in [-0.4, -0.2) is 39.9 Å². The van der Waals surface area contributed by atoms with E-state index in [0.717, 1.165) is 12.1 Å². The molecular formula is C13H15F2NO3. The number of aliphatic hydroxyl groups is 1. The second-order valence-electron chi connectivity index (χ2n) is 4.92.